The van der Waals surface area contributed by atoms with Crippen LogP contribution in [0.3, 0.4) is 0 Å². The van der Waals surface area contributed by atoms with Crippen molar-refractivity contribution >= 4 is 17.2 Å². The predicted octanol–water partition coefficient (Wildman–Crippen LogP) is 3.48. The van der Waals surface area contributed by atoms with Gasteiger partial charge in [0.25, 0.3) is 5.91 Å². The van der Waals surface area contributed by atoms with Crippen LogP contribution in [0.25, 0.3) is 0 Å². The standard InChI is InChI=1S/C15H23NO2S/c1-12-10-13(11-19-12)15(17)16-8-4-3-6-14(16)7-5-9-18-2/h10-11,14H,3-9H2,1-2H3. The molecule has 0 N–H and O–H groups in total. The van der Waals surface area contributed by atoms with Crippen LogP contribution in [0.15, 0.2) is 11.4 Å². The summed E-state index contributed by atoms with van der Waals surface area (Å²) in [5, 5.41) is 1.98. The fraction of sp³-hybridized carbons (Fsp3) is 0.667. The number of piperidine rings is 1. The van der Waals surface area contributed by atoms with Gasteiger partial charge in [0.15, 0.2) is 0 Å². The van der Waals surface area contributed by atoms with Crippen LogP contribution in [0.2, 0.25) is 0 Å². The summed E-state index contributed by atoms with van der Waals surface area (Å²) in [6, 6.07) is 2.41. The Balaban J connectivity index is 2.00. The number of rotatable bonds is 5. The molecule has 1 aliphatic heterocycles. The average Bonchev–Trinajstić information content (AvgIpc) is 2.85. The van der Waals surface area contributed by atoms with Crippen LogP contribution in [-0.4, -0.2) is 37.1 Å². The number of amides is 1. The zero-order valence-electron chi connectivity index (χ0n) is 11.9. The van der Waals surface area contributed by atoms with E-state index in [2.05, 4.69) is 4.90 Å². The maximum absolute atomic E-state index is 12.6. The molecule has 1 saturated heterocycles. The summed E-state index contributed by atoms with van der Waals surface area (Å²) in [7, 11) is 1.73. The molecular formula is C15H23NO2S. The van der Waals surface area contributed by atoms with Gasteiger partial charge in [0.05, 0.1) is 5.56 Å². The number of nitrogens with zero attached hydrogens (tertiary/aromatic N) is 1. The lowest BCUT2D eigenvalue weighted by Gasteiger charge is -2.35. The van der Waals surface area contributed by atoms with E-state index in [1.54, 1.807) is 18.4 Å². The summed E-state index contributed by atoms with van der Waals surface area (Å²) in [6.07, 6.45) is 5.61. The van der Waals surface area contributed by atoms with Crippen LogP contribution in [0, 0.1) is 6.92 Å². The average molecular weight is 281 g/mol. The van der Waals surface area contributed by atoms with Gasteiger partial charge in [0.2, 0.25) is 0 Å². The maximum atomic E-state index is 12.6. The topological polar surface area (TPSA) is 29.5 Å². The molecule has 0 radical (unpaired) electrons. The summed E-state index contributed by atoms with van der Waals surface area (Å²) in [4.78, 5) is 15.8. The Labute approximate surface area is 119 Å². The first-order chi connectivity index (χ1) is 9.22. The third-order valence-corrected chi connectivity index (χ3v) is 4.61. The highest BCUT2D eigenvalue weighted by Gasteiger charge is 2.27. The largest absolute Gasteiger partial charge is 0.385 e. The first kappa shape index (κ1) is 14.5. The summed E-state index contributed by atoms with van der Waals surface area (Å²) < 4.78 is 5.11. The van der Waals surface area contributed by atoms with Crippen molar-refractivity contribution < 1.29 is 9.53 Å². The smallest absolute Gasteiger partial charge is 0.254 e. The summed E-state index contributed by atoms with van der Waals surface area (Å²) in [5.74, 6) is 0.214. The normalized spacial score (nSPS) is 19.7. The molecule has 1 amide bonds. The number of hydrogen-bond acceptors (Lipinski definition) is 3. The zero-order valence-corrected chi connectivity index (χ0v) is 12.7. The van der Waals surface area contributed by atoms with Gasteiger partial charge in [-0.25, -0.2) is 0 Å². The van der Waals surface area contributed by atoms with Crippen molar-refractivity contribution in [2.24, 2.45) is 0 Å². The molecule has 1 atom stereocenters. The number of hydrogen-bond donors (Lipinski definition) is 0. The fourth-order valence-corrected chi connectivity index (χ4v) is 3.43. The van der Waals surface area contributed by atoms with Gasteiger partial charge in [-0.2, -0.15) is 0 Å². The van der Waals surface area contributed by atoms with Crippen LogP contribution in [0.1, 0.15) is 47.3 Å². The number of likely N-dealkylation sites (tertiary alicyclic amines) is 1. The molecule has 1 fully saturated rings. The Kier molecular flexibility index (Phi) is 5.40. The molecule has 1 aromatic heterocycles. The monoisotopic (exact) mass is 281 g/mol. The highest BCUT2D eigenvalue weighted by atomic mass is 32.1. The van der Waals surface area contributed by atoms with Crippen LogP contribution < -0.4 is 0 Å². The van der Waals surface area contributed by atoms with Crippen molar-refractivity contribution in [3.8, 4) is 0 Å². The molecular weight excluding hydrogens is 258 g/mol. The molecule has 2 rings (SSSR count). The maximum Gasteiger partial charge on any atom is 0.254 e. The van der Waals surface area contributed by atoms with Gasteiger partial charge in [-0.3, -0.25) is 4.79 Å². The second-order valence-electron chi connectivity index (χ2n) is 5.23. The minimum absolute atomic E-state index is 0.214. The number of ether oxygens (including phenoxy) is 1. The number of thiophene rings is 1. The SMILES string of the molecule is COCCCC1CCCCN1C(=O)c1csc(C)c1. The van der Waals surface area contributed by atoms with E-state index < -0.39 is 0 Å². The molecule has 1 unspecified atom stereocenters. The third-order valence-electron chi connectivity index (χ3n) is 3.75. The van der Waals surface area contributed by atoms with Gasteiger partial charge in [-0.15, -0.1) is 11.3 Å². The molecule has 2 heterocycles. The molecule has 0 aromatic carbocycles. The van der Waals surface area contributed by atoms with Gasteiger partial charge in [-0.1, -0.05) is 0 Å². The molecule has 4 heteroatoms. The van der Waals surface area contributed by atoms with Crippen LogP contribution >= 0.6 is 11.3 Å². The van der Waals surface area contributed by atoms with Crippen LogP contribution in [-0.2, 0) is 4.74 Å². The van der Waals surface area contributed by atoms with E-state index in [1.165, 1.54) is 11.3 Å². The molecule has 19 heavy (non-hydrogen) atoms. The molecule has 0 saturated carbocycles. The van der Waals surface area contributed by atoms with Crippen molar-refractivity contribution in [2.75, 3.05) is 20.3 Å². The third kappa shape index (κ3) is 3.80. The Morgan fingerprint density at radius 3 is 3.05 bits per heavy atom. The molecule has 0 spiro atoms. The van der Waals surface area contributed by atoms with Gasteiger partial charge in [0.1, 0.15) is 0 Å². The van der Waals surface area contributed by atoms with E-state index in [1.807, 2.05) is 18.4 Å². The van der Waals surface area contributed by atoms with Crippen molar-refractivity contribution in [3.05, 3.63) is 21.9 Å². The second-order valence-corrected chi connectivity index (χ2v) is 6.34. The van der Waals surface area contributed by atoms with Crippen molar-refractivity contribution in [1.82, 2.24) is 4.90 Å². The summed E-state index contributed by atoms with van der Waals surface area (Å²) in [6.45, 7) is 3.75. The quantitative estimate of drug-likeness (QED) is 0.773. The molecule has 3 nitrogen and oxygen atoms in total. The summed E-state index contributed by atoms with van der Waals surface area (Å²) >= 11 is 1.65. The number of methoxy groups -OCH3 is 1. The number of carbonyl (C=O) groups is 1. The molecule has 0 bridgehead atoms. The van der Waals surface area contributed by atoms with E-state index in [9.17, 15) is 4.79 Å². The lowest BCUT2D eigenvalue weighted by Crippen LogP contribution is -2.43. The van der Waals surface area contributed by atoms with Gasteiger partial charge in [-0.05, 0) is 45.1 Å². The first-order valence-corrected chi connectivity index (χ1v) is 7.95. The van der Waals surface area contributed by atoms with Crippen LogP contribution in [0.4, 0.5) is 0 Å². The second kappa shape index (κ2) is 7.06. The van der Waals surface area contributed by atoms with E-state index >= 15 is 0 Å². The lowest BCUT2D eigenvalue weighted by atomic mass is 9.97. The molecule has 0 aliphatic carbocycles. The van der Waals surface area contributed by atoms with E-state index in [0.717, 1.165) is 44.4 Å². The zero-order chi connectivity index (χ0) is 13.7. The molecule has 106 valence electrons. The fourth-order valence-electron chi connectivity index (χ4n) is 2.75. The summed E-state index contributed by atoms with van der Waals surface area (Å²) in [5.41, 5.74) is 0.862. The van der Waals surface area contributed by atoms with E-state index in [4.69, 9.17) is 4.74 Å². The molecule has 1 aliphatic rings. The highest BCUT2D eigenvalue weighted by molar-refractivity contribution is 7.10. The van der Waals surface area contributed by atoms with Crippen molar-refractivity contribution in [2.45, 2.75) is 45.1 Å². The minimum atomic E-state index is 0.214. The Morgan fingerprint density at radius 2 is 2.37 bits per heavy atom. The Morgan fingerprint density at radius 1 is 1.53 bits per heavy atom. The minimum Gasteiger partial charge on any atom is -0.385 e. The highest BCUT2D eigenvalue weighted by Crippen LogP contribution is 2.24. The van der Waals surface area contributed by atoms with Gasteiger partial charge >= 0.3 is 0 Å². The predicted molar refractivity (Wildman–Crippen MR) is 78.8 cm³/mol. The Hall–Kier alpha value is -0.870. The first-order valence-electron chi connectivity index (χ1n) is 7.07. The number of aryl methyl sites for hydroxylation is 1. The van der Waals surface area contributed by atoms with Crippen molar-refractivity contribution in [3.63, 3.8) is 0 Å². The van der Waals surface area contributed by atoms with Gasteiger partial charge in [0, 0.05) is 36.6 Å². The van der Waals surface area contributed by atoms with Gasteiger partial charge < -0.3 is 9.64 Å². The number of carbonyl (C=O) groups excluding carboxylic acids is 1. The lowest BCUT2D eigenvalue weighted by molar-refractivity contribution is 0.0585. The van der Waals surface area contributed by atoms with E-state index in [0.29, 0.717) is 6.04 Å². The molecule has 1 aromatic rings. The Bertz CT molecular complexity index is 416. The van der Waals surface area contributed by atoms with Crippen molar-refractivity contribution in [1.29, 1.82) is 0 Å². The van der Waals surface area contributed by atoms with Crippen LogP contribution in [0.5, 0.6) is 0 Å². The van der Waals surface area contributed by atoms with E-state index in [-0.39, 0.29) is 5.91 Å².